The van der Waals surface area contributed by atoms with Gasteiger partial charge in [0, 0.05) is 38.4 Å². The molecule has 9 heteroatoms. The number of sulfonamides is 1. The van der Waals surface area contributed by atoms with E-state index in [-0.39, 0.29) is 25.6 Å². The predicted molar refractivity (Wildman–Crippen MR) is 103 cm³/mol. The molecular weight excluding hydrogens is 370 g/mol. The minimum absolute atomic E-state index is 0.253. The van der Waals surface area contributed by atoms with Crippen molar-refractivity contribution in [3.8, 4) is 0 Å². The molecule has 0 atom stereocenters. The minimum Gasteiger partial charge on any atom is -0.452 e. The molecule has 0 aromatic heterocycles. The number of rotatable bonds is 8. The molecule has 2 rings (SSSR count). The van der Waals surface area contributed by atoms with Gasteiger partial charge in [-0.25, -0.2) is 13.2 Å². The number of carbonyl (C=O) groups is 2. The number of anilines is 1. The second-order valence-corrected chi connectivity index (χ2v) is 8.43. The van der Waals surface area contributed by atoms with E-state index in [1.807, 2.05) is 6.07 Å². The Bertz CT molecular complexity index is 758. The third kappa shape index (κ3) is 6.21. The average Bonchev–Trinajstić information content (AvgIpc) is 2.66. The SMILES string of the molecule is CCCCNc1ccccc1C(=O)OCC(=O)N1CCN(S(C)(=O)=O)CC1. The summed E-state index contributed by atoms with van der Waals surface area (Å²) in [5.74, 6) is -0.884. The van der Waals surface area contributed by atoms with Gasteiger partial charge in [0.15, 0.2) is 6.61 Å². The second-order valence-electron chi connectivity index (χ2n) is 6.44. The van der Waals surface area contributed by atoms with Crippen LogP contribution in [0.3, 0.4) is 0 Å². The van der Waals surface area contributed by atoms with Crippen molar-refractivity contribution in [1.82, 2.24) is 9.21 Å². The van der Waals surface area contributed by atoms with E-state index in [0.717, 1.165) is 25.6 Å². The normalized spacial score (nSPS) is 15.4. The Hall–Kier alpha value is -2.13. The van der Waals surface area contributed by atoms with E-state index in [1.54, 1.807) is 18.2 Å². The van der Waals surface area contributed by atoms with E-state index in [0.29, 0.717) is 24.3 Å². The maximum absolute atomic E-state index is 12.3. The number of piperazine rings is 1. The van der Waals surface area contributed by atoms with Gasteiger partial charge in [0.05, 0.1) is 11.8 Å². The molecule has 0 bridgehead atoms. The number of amides is 1. The maximum Gasteiger partial charge on any atom is 0.340 e. The van der Waals surface area contributed by atoms with Crippen LogP contribution in [-0.4, -0.2) is 75.1 Å². The first kappa shape index (κ1) is 21.2. The Morgan fingerprint density at radius 1 is 1.15 bits per heavy atom. The molecule has 0 radical (unpaired) electrons. The van der Waals surface area contributed by atoms with Crippen LogP contribution in [0.4, 0.5) is 5.69 Å². The summed E-state index contributed by atoms with van der Waals surface area (Å²) in [5, 5.41) is 3.21. The van der Waals surface area contributed by atoms with Crippen molar-refractivity contribution in [3.63, 3.8) is 0 Å². The molecule has 0 aliphatic carbocycles. The number of esters is 1. The molecule has 27 heavy (non-hydrogen) atoms. The van der Waals surface area contributed by atoms with E-state index in [4.69, 9.17) is 4.74 Å². The van der Waals surface area contributed by atoms with Crippen molar-refractivity contribution >= 4 is 27.6 Å². The predicted octanol–water partition coefficient (Wildman–Crippen LogP) is 1.16. The Balaban J connectivity index is 1.86. The highest BCUT2D eigenvalue weighted by Gasteiger charge is 2.26. The number of ether oxygens (including phenoxy) is 1. The van der Waals surface area contributed by atoms with Gasteiger partial charge < -0.3 is 15.0 Å². The molecule has 1 aliphatic heterocycles. The summed E-state index contributed by atoms with van der Waals surface area (Å²) in [7, 11) is -3.25. The molecule has 0 spiro atoms. The molecule has 1 aliphatic rings. The quantitative estimate of drug-likeness (QED) is 0.522. The third-order valence-electron chi connectivity index (χ3n) is 4.38. The Morgan fingerprint density at radius 2 is 1.81 bits per heavy atom. The number of hydrogen-bond donors (Lipinski definition) is 1. The van der Waals surface area contributed by atoms with Crippen LogP contribution in [0.5, 0.6) is 0 Å². The molecule has 1 N–H and O–H groups in total. The third-order valence-corrected chi connectivity index (χ3v) is 5.68. The first-order valence-electron chi connectivity index (χ1n) is 9.06. The van der Waals surface area contributed by atoms with Crippen LogP contribution in [0.1, 0.15) is 30.1 Å². The highest BCUT2D eigenvalue weighted by Crippen LogP contribution is 2.16. The number of nitrogens with one attached hydrogen (secondary N) is 1. The zero-order chi connectivity index (χ0) is 19.9. The molecule has 150 valence electrons. The number of carbonyl (C=O) groups excluding carboxylic acids is 2. The summed E-state index contributed by atoms with van der Waals surface area (Å²) >= 11 is 0. The van der Waals surface area contributed by atoms with Crippen LogP contribution < -0.4 is 5.32 Å². The van der Waals surface area contributed by atoms with Gasteiger partial charge in [-0.3, -0.25) is 4.79 Å². The Kier molecular flexibility index (Phi) is 7.61. The van der Waals surface area contributed by atoms with E-state index >= 15 is 0 Å². The van der Waals surface area contributed by atoms with Gasteiger partial charge in [-0.1, -0.05) is 25.5 Å². The second kappa shape index (κ2) is 9.70. The lowest BCUT2D eigenvalue weighted by Gasteiger charge is -2.33. The lowest BCUT2D eigenvalue weighted by atomic mass is 10.1. The molecule has 1 heterocycles. The lowest BCUT2D eigenvalue weighted by molar-refractivity contribution is -0.135. The largest absolute Gasteiger partial charge is 0.452 e. The standard InChI is InChI=1S/C18H27N3O5S/c1-3-4-9-19-16-8-6-5-7-15(16)18(23)26-14-17(22)20-10-12-21(13-11-20)27(2,24)25/h5-8,19H,3-4,9-14H2,1-2H3. The van der Waals surface area contributed by atoms with Crippen LogP contribution in [0.15, 0.2) is 24.3 Å². The van der Waals surface area contributed by atoms with Gasteiger partial charge in [-0.2, -0.15) is 4.31 Å². The van der Waals surface area contributed by atoms with Gasteiger partial charge >= 0.3 is 5.97 Å². The topological polar surface area (TPSA) is 96.0 Å². The van der Waals surface area contributed by atoms with Gasteiger partial charge in [0.25, 0.3) is 5.91 Å². The highest BCUT2D eigenvalue weighted by atomic mass is 32.2. The molecule has 1 amide bonds. The minimum atomic E-state index is -3.25. The maximum atomic E-state index is 12.3. The molecule has 1 saturated heterocycles. The van der Waals surface area contributed by atoms with Crippen LogP contribution in [0, 0.1) is 0 Å². The number of unbranched alkanes of at least 4 members (excludes halogenated alkanes) is 1. The molecule has 8 nitrogen and oxygen atoms in total. The van der Waals surface area contributed by atoms with Crippen LogP contribution in [0.25, 0.3) is 0 Å². The summed E-state index contributed by atoms with van der Waals surface area (Å²) in [6.07, 6.45) is 3.18. The van der Waals surface area contributed by atoms with Crippen molar-refractivity contribution < 1.29 is 22.7 Å². The van der Waals surface area contributed by atoms with Crippen molar-refractivity contribution in [2.45, 2.75) is 19.8 Å². The smallest absolute Gasteiger partial charge is 0.340 e. The summed E-state index contributed by atoms with van der Waals surface area (Å²) in [6, 6.07) is 7.04. The first-order chi connectivity index (χ1) is 12.8. The van der Waals surface area contributed by atoms with Crippen LogP contribution in [0.2, 0.25) is 0 Å². The average molecular weight is 397 g/mol. The Labute approximate surface area is 160 Å². The van der Waals surface area contributed by atoms with E-state index < -0.39 is 16.0 Å². The zero-order valence-electron chi connectivity index (χ0n) is 15.8. The summed E-state index contributed by atoms with van der Waals surface area (Å²) < 4.78 is 29.5. The first-order valence-corrected chi connectivity index (χ1v) is 10.9. The van der Waals surface area contributed by atoms with E-state index in [2.05, 4.69) is 12.2 Å². The fourth-order valence-electron chi connectivity index (χ4n) is 2.78. The summed E-state index contributed by atoms with van der Waals surface area (Å²) in [5.41, 5.74) is 1.08. The van der Waals surface area contributed by atoms with Crippen molar-refractivity contribution in [2.24, 2.45) is 0 Å². The number of nitrogens with zero attached hydrogens (tertiary/aromatic N) is 2. The number of para-hydroxylation sites is 1. The highest BCUT2D eigenvalue weighted by molar-refractivity contribution is 7.88. The van der Waals surface area contributed by atoms with Crippen molar-refractivity contribution in [1.29, 1.82) is 0 Å². The van der Waals surface area contributed by atoms with E-state index in [1.165, 1.54) is 9.21 Å². The number of benzene rings is 1. The molecule has 0 saturated carbocycles. The van der Waals surface area contributed by atoms with Crippen LogP contribution >= 0.6 is 0 Å². The van der Waals surface area contributed by atoms with E-state index in [9.17, 15) is 18.0 Å². The monoisotopic (exact) mass is 397 g/mol. The van der Waals surface area contributed by atoms with Crippen molar-refractivity contribution in [2.75, 3.05) is 50.9 Å². The van der Waals surface area contributed by atoms with Gasteiger partial charge in [0.1, 0.15) is 0 Å². The van der Waals surface area contributed by atoms with Crippen molar-refractivity contribution in [3.05, 3.63) is 29.8 Å². The fourth-order valence-corrected chi connectivity index (χ4v) is 3.61. The molecular formula is C18H27N3O5S. The van der Waals surface area contributed by atoms with Crippen LogP contribution in [-0.2, 0) is 19.6 Å². The zero-order valence-corrected chi connectivity index (χ0v) is 16.6. The molecule has 0 unspecified atom stereocenters. The van der Waals surface area contributed by atoms with Gasteiger partial charge in [0.2, 0.25) is 10.0 Å². The van der Waals surface area contributed by atoms with Gasteiger partial charge in [-0.15, -0.1) is 0 Å². The lowest BCUT2D eigenvalue weighted by Crippen LogP contribution is -2.51. The fraction of sp³-hybridized carbons (Fsp3) is 0.556. The molecule has 1 aromatic rings. The molecule has 1 fully saturated rings. The number of hydrogen-bond acceptors (Lipinski definition) is 6. The summed E-state index contributed by atoms with van der Waals surface area (Å²) in [6.45, 7) is 3.57. The Morgan fingerprint density at radius 3 is 2.44 bits per heavy atom. The molecule has 1 aromatic carbocycles. The summed E-state index contributed by atoms with van der Waals surface area (Å²) in [4.78, 5) is 26.1. The van der Waals surface area contributed by atoms with Gasteiger partial charge in [-0.05, 0) is 18.6 Å².